The van der Waals surface area contributed by atoms with Gasteiger partial charge in [-0.15, -0.1) is 0 Å². The predicted molar refractivity (Wildman–Crippen MR) is 248 cm³/mol. The summed E-state index contributed by atoms with van der Waals surface area (Å²) in [7, 11) is 0. The van der Waals surface area contributed by atoms with Crippen molar-refractivity contribution in [1.29, 1.82) is 0 Å². The number of benzene rings is 9. The van der Waals surface area contributed by atoms with Gasteiger partial charge in [-0.05, 0) is 102 Å². The van der Waals surface area contributed by atoms with E-state index in [1.165, 1.54) is 111 Å². The van der Waals surface area contributed by atoms with Crippen LogP contribution in [0, 0.1) is 0 Å². The smallest absolute Gasteiger partial charge is 0.0754 e. The van der Waals surface area contributed by atoms with E-state index in [0.717, 1.165) is 0 Å². The number of para-hydroxylation sites is 3. The summed E-state index contributed by atoms with van der Waals surface area (Å²) in [6.45, 7) is 4.76. The van der Waals surface area contributed by atoms with Crippen LogP contribution < -0.4 is 0 Å². The molecule has 2 atom stereocenters. The van der Waals surface area contributed by atoms with Crippen molar-refractivity contribution in [2.24, 2.45) is 0 Å². The van der Waals surface area contributed by atoms with Crippen molar-refractivity contribution >= 4 is 21.8 Å². The van der Waals surface area contributed by atoms with Crippen LogP contribution in [0.5, 0.6) is 0 Å². The average molecular weight is 764 g/mol. The van der Waals surface area contributed by atoms with Crippen LogP contribution >= 0.6 is 0 Å². The lowest BCUT2D eigenvalue weighted by Gasteiger charge is -2.39. The molecule has 2 aliphatic carbocycles. The Balaban J connectivity index is 1.06. The number of rotatable bonds is 4. The summed E-state index contributed by atoms with van der Waals surface area (Å²) in [6.07, 6.45) is 0. The zero-order valence-electron chi connectivity index (χ0n) is 33.7. The van der Waals surface area contributed by atoms with Gasteiger partial charge < -0.3 is 4.57 Å². The third kappa shape index (κ3) is 4.22. The van der Waals surface area contributed by atoms with Gasteiger partial charge in [0, 0.05) is 22.1 Å². The van der Waals surface area contributed by atoms with Gasteiger partial charge in [-0.25, -0.2) is 0 Å². The maximum absolute atomic E-state index is 2.52. The van der Waals surface area contributed by atoms with Crippen LogP contribution in [0.2, 0.25) is 0 Å². The summed E-state index contributed by atoms with van der Waals surface area (Å²) in [5.74, 6) is 0.0240. The second-order valence-corrected chi connectivity index (χ2v) is 17.5. The molecule has 0 amide bonds. The molecule has 1 aromatic heterocycles. The van der Waals surface area contributed by atoms with Crippen LogP contribution in [-0.2, 0) is 10.8 Å². The second-order valence-electron chi connectivity index (χ2n) is 17.5. The molecule has 9 aromatic carbocycles. The first kappa shape index (κ1) is 33.7. The monoisotopic (exact) mass is 763 g/mol. The van der Waals surface area contributed by atoms with E-state index in [1.54, 1.807) is 0 Å². The summed E-state index contributed by atoms with van der Waals surface area (Å²) in [6, 6.07) is 78.0. The normalized spacial score (nSPS) is 16.6. The fourth-order valence-electron chi connectivity index (χ4n) is 11.9. The van der Waals surface area contributed by atoms with Gasteiger partial charge in [0.05, 0.1) is 22.1 Å². The standard InChI is InChI=1S/C59H41N/c1-58(2)47-27-11-9-24-44(47)56-45(26-17-30-51(56)58)55(37-18-4-3-5-19-37)42-23-7-6-20-39(42)38-34-35-49-46(36-38)40-21-8-12-28-48(40)59(49)50-29-13-15-33-54(50)60-53-32-14-10-22-41(53)43-25-16-31-52(59)57(43)60/h3-36,55H,1-2H3. The van der Waals surface area contributed by atoms with E-state index in [-0.39, 0.29) is 11.3 Å². The number of hydrogen-bond acceptors (Lipinski definition) is 0. The Kier molecular flexibility index (Phi) is 6.84. The molecule has 0 radical (unpaired) electrons. The van der Waals surface area contributed by atoms with Crippen LogP contribution in [0.3, 0.4) is 0 Å². The van der Waals surface area contributed by atoms with E-state index in [0.29, 0.717) is 0 Å². The Bertz CT molecular complexity index is 3420. The number of fused-ring (bicyclic) bond motifs is 15. The molecule has 3 aliphatic rings. The molecule has 0 saturated heterocycles. The highest BCUT2D eigenvalue weighted by Crippen LogP contribution is 2.62. The molecule has 10 aromatic rings. The van der Waals surface area contributed by atoms with Crippen LogP contribution in [0.25, 0.3) is 60.9 Å². The fourth-order valence-corrected chi connectivity index (χ4v) is 11.9. The highest BCUT2D eigenvalue weighted by molar-refractivity contribution is 6.13. The summed E-state index contributed by atoms with van der Waals surface area (Å²) in [4.78, 5) is 0. The van der Waals surface area contributed by atoms with Gasteiger partial charge in [-0.1, -0.05) is 202 Å². The van der Waals surface area contributed by atoms with Gasteiger partial charge in [0.15, 0.2) is 0 Å². The topological polar surface area (TPSA) is 4.93 Å². The fraction of sp³-hybridized carbons (Fsp3) is 0.0847. The molecular formula is C59H41N. The Morgan fingerprint density at radius 2 is 1.00 bits per heavy atom. The highest BCUT2D eigenvalue weighted by Gasteiger charge is 2.51. The Morgan fingerprint density at radius 3 is 1.87 bits per heavy atom. The third-order valence-electron chi connectivity index (χ3n) is 14.4. The zero-order valence-corrected chi connectivity index (χ0v) is 33.7. The predicted octanol–water partition coefficient (Wildman–Crippen LogP) is 14.6. The molecule has 0 saturated carbocycles. The van der Waals surface area contributed by atoms with Crippen molar-refractivity contribution in [2.45, 2.75) is 30.6 Å². The van der Waals surface area contributed by atoms with E-state index in [4.69, 9.17) is 0 Å². The van der Waals surface area contributed by atoms with Crippen molar-refractivity contribution in [1.82, 2.24) is 4.57 Å². The van der Waals surface area contributed by atoms with Gasteiger partial charge in [0.2, 0.25) is 0 Å². The van der Waals surface area contributed by atoms with E-state index in [1.807, 2.05) is 0 Å². The van der Waals surface area contributed by atoms with Crippen LogP contribution in [-0.4, -0.2) is 4.57 Å². The van der Waals surface area contributed by atoms with Gasteiger partial charge in [0.1, 0.15) is 0 Å². The zero-order chi connectivity index (χ0) is 39.7. The van der Waals surface area contributed by atoms with E-state index in [2.05, 4.69) is 225 Å². The van der Waals surface area contributed by atoms with E-state index in [9.17, 15) is 0 Å². The average Bonchev–Trinajstić information content (AvgIpc) is 3.88. The molecule has 13 rings (SSSR count). The van der Waals surface area contributed by atoms with Crippen LogP contribution in [0.4, 0.5) is 0 Å². The molecule has 1 aliphatic heterocycles. The molecule has 1 spiro atoms. The second kappa shape index (κ2) is 12.2. The van der Waals surface area contributed by atoms with Gasteiger partial charge in [-0.3, -0.25) is 0 Å². The molecule has 282 valence electrons. The van der Waals surface area contributed by atoms with Crippen molar-refractivity contribution < 1.29 is 0 Å². The van der Waals surface area contributed by atoms with Crippen LogP contribution in [0.1, 0.15) is 69.8 Å². The molecule has 0 bridgehead atoms. The van der Waals surface area contributed by atoms with Crippen molar-refractivity contribution in [3.8, 4) is 39.1 Å². The largest absolute Gasteiger partial charge is 0.309 e. The maximum atomic E-state index is 2.52. The molecule has 1 nitrogen and oxygen atoms in total. The van der Waals surface area contributed by atoms with Gasteiger partial charge >= 0.3 is 0 Å². The minimum atomic E-state index is -0.470. The Morgan fingerprint density at radius 1 is 0.400 bits per heavy atom. The summed E-state index contributed by atoms with van der Waals surface area (Å²) in [5, 5.41) is 2.60. The number of hydrogen-bond donors (Lipinski definition) is 0. The van der Waals surface area contributed by atoms with Gasteiger partial charge in [-0.2, -0.15) is 0 Å². The minimum absolute atomic E-state index is 0.0240. The quantitative estimate of drug-likeness (QED) is 0.157. The maximum Gasteiger partial charge on any atom is 0.0754 e. The summed E-state index contributed by atoms with van der Waals surface area (Å²) < 4.78 is 2.52. The lowest BCUT2D eigenvalue weighted by molar-refractivity contribution is 0.659. The first-order chi connectivity index (χ1) is 29.6. The molecule has 0 N–H and O–H groups in total. The minimum Gasteiger partial charge on any atom is -0.309 e. The molecule has 60 heavy (non-hydrogen) atoms. The molecule has 2 unspecified atom stereocenters. The van der Waals surface area contributed by atoms with E-state index >= 15 is 0 Å². The number of aromatic nitrogens is 1. The van der Waals surface area contributed by atoms with Crippen LogP contribution in [0.15, 0.2) is 206 Å². The lowest BCUT2D eigenvalue weighted by atomic mass is 9.65. The van der Waals surface area contributed by atoms with Gasteiger partial charge in [0.25, 0.3) is 0 Å². The SMILES string of the molecule is CC1(C)c2ccccc2-c2c(C(c3ccccc3)c3ccccc3-c3ccc4c(c3)-c3ccccc3C43c4ccccc4-n4c5ccccc5c5cccc3c54)cccc21. The third-order valence-corrected chi connectivity index (χ3v) is 14.4. The molecule has 0 fully saturated rings. The van der Waals surface area contributed by atoms with Crippen molar-refractivity contribution in [3.63, 3.8) is 0 Å². The first-order valence-corrected chi connectivity index (χ1v) is 21.3. The van der Waals surface area contributed by atoms with Crippen molar-refractivity contribution in [3.05, 3.63) is 256 Å². The van der Waals surface area contributed by atoms with E-state index < -0.39 is 5.41 Å². The number of nitrogens with zero attached hydrogens (tertiary/aromatic N) is 1. The lowest BCUT2D eigenvalue weighted by Crippen LogP contribution is -2.33. The highest BCUT2D eigenvalue weighted by atomic mass is 15.0. The molecule has 1 heteroatoms. The Hall–Kier alpha value is -7.22. The Labute approximate surface area is 350 Å². The molecule has 2 heterocycles. The summed E-state index contributed by atoms with van der Waals surface area (Å²) >= 11 is 0. The first-order valence-electron chi connectivity index (χ1n) is 21.3. The van der Waals surface area contributed by atoms with Crippen molar-refractivity contribution in [2.75, 3.05) is 0 Å². The molecular weight excluding hydrogens is 723 g/mol. The summed E-state index contributed by atoms with van der Waals surface area (Å²) in [5.41, 5.74) is 23.3.